The molecule has 1 aromatic heterocycles. The molecule has 4 rings (SSSR count). The molecule has 1 N–H and O–H groups in total. The number of aromatic nitrogens is 2. The Bertz CT molecular complexity index is 951. The Morgan fingerprint density at radius 2 is 1.86 bits per heavy atom. The lowest BCUT2D eigenvalue weighted by atomic mass is 10.2. The highest BCUT2D eigenvalue weighted by atomic mass is 35.5. The van der Waals surface area contributed by atoms with Gasteiger partial charge in [0.2, 0.25) is 0 Å². The van der Waals surface area contributed by atoms with Gasteiger partial charge in [0.1, 0.15) is 5.82 Å². The number of nitrogens with zero attached hydrogens (tertiary/aromatic N) is 3. The molecular weight excluding hydrogens is 379 g/mol. The number of halogens is 2. The highest BCUT2D eigenvalue weighted by Gasteiger charge is 2.32. The molecule has 1 heterocycles. The van der Waals surface area contributed by atoms with Crippen molar-refractivity contribution in [2.45, 2.75) is 32.0 Å². The maximum atomic E-state index is 13.1. The normalized spacial score (nSPS) is 13.4. The van der Waals surface area contributed by atoms with Crippen LogP contribution in [0.4, 0.5) is 9.18 Å². The van der Waals surface area contributed by atoms with Gasteiger partial charge in [-0.3, -0.25) is 0 Å². The SMILES string of the molecule is O=C(NCc1cnn(-c2ccc(Cl)cc2)c1)N(Cc1ccc(F)cc1)C1CC1. The lowest BCUT2D eigenvalue weighted by Gasteiger charge is -2.23. The number of hydrogen-bond donors (Lipinski definition) is 1. The fourth-order valence-corrected chi connectivity index (χ4v) is 3.13. The number of nitrogens with one attached hydrogen (secondary N) is 1. The Morgan fingerprint density at radius 1 is 1.14 bits per heavy atom. The summed E-state index contributed by atoms with van der Waals surface area (Å²) in [6, 6.07) is 13.8. The Morgan fingerprint density at radius 3 is 2.54 bits per heavy atom. The van der Waals surface area contributed by atoms with Crippen molar-refractivity contribution in [3.8, 4) is 5.69 Å². The van der Waals surface area contributed by atoms with Crippen molar-refractivity contribution in [1.29, 1.82) is 0 Å². The predicted octanol–water partition coefficient (Wildman–Crippen LogP) is 4.54. The molecule has 0 spiro atoms. The minimum absolute atomic E-state index is 0.119. The van der Waals surface area contributed by atoms with Crippen molar-refractivity contribution in [2.24, 2.45) is 0 Å². The Hall–Kier alpha value is -2.86. The van der Waals surface area contributed by atoms with Gasteiger partial charge in [-0.05, 0) is 54.8 Å². The average Bonchev–Trinajstić information content (AvgIpc) is 3.43. The van der Waals surface area contributed by atoms with Crippen molar-refractivity contribution in [2.75, 3.05) is 0 Å². The van der Waals surface area contributed by atoms with Crippen LogP contribution in [0.15, 0.2) is 60.9 Å². The quantitative estimate of drug-likeness (QED) is 0.662. The van der Waals surface area contributed by atoms with E-state index in [1.807, 2.05) is 35.4 Å². The van der Waals surface area contributed by atoms with Crippen molar-refractivity contribution in [1.82, 2.24) is 20.0 Å². The smallest absolute Gasteiger partial charge is 0.318 e. The zero-order valence-electron chi connectivity index (χ0n) is 15.2. The van der Waals surface area contributed by atoms with Crippen molar-refractivity contribution >= 4 is 17.6 Å². The molecule has 0 radical (unpaired) electrons. The molecule has 3 aromatic rings. The molecule has 0 saturated heterocycles. The molecule has 1 aliphatic carbocycles. The minimum atomic E-state index is -0.274. The van der Waals surface area contributed by atoms with Gasteiger partial charge in [0.05, 0.1) is 11.9 Å². The van der Waals surface area contributed by atoms with Crippen LogP contribution in [-0.4, -0.2) is 26.8 Å². The summed E-state index contributed by atoms with van der Waals surface area (Å²) in [5.74, 6) is -0.274. The number of benzene rings is 2. The monoisotopic (exact) mass is 398 g/mol. The lowest BCUT2D eigenvalue weighted by molar-refractivity contribution is 0.191. The van der Waals surface area contributed by atoms with E-state index < -0.39 is 0 Å². The highest BCUT2D eigenvalue weighted by Crippen LogP contribution is 2.28. The molecule has 0 bridgehead atoms. The van der Waals surface area contributed by atoms with Gasteiger partial charge in [-0.15, -0.1) is 0 Å². The van der Waals surface area contributed by atoms with Crippen LogP contribution in [0.2, 0.25) is 5.02 Å². The highest BCUT2D eigenvalue weighted by molar-refractivity contribution is 6.30. The van der Waals surface area contributed by atoms with Gasteiger partial charge in [0.15, 0.2) is 0 Å². The van der Waals surface area contributed by atoms with Crippen LogP contribution in [0.25, 0.3) is 5.69 Å². The van der Waals surface area contributed by atoms with Crippen LogP contribution in [0.1, 0.15) is 24.0 Å². The third-order valence-corrected chi connectivity index (χ3v) is 4.94. The van der Waals surface area contributed by atoms with Crippen LogP contribution in [-0.2, 0) is 13.1 Å². The van der Waals surface area contributed by atoms with Gasteiger partial charge in [0, 0.05) is 35.9 Å². The van der Waals surface area contributed by atoms with Crippen LogP contribution < -0.4 is 5.32 Å². The summed E-state index contributed by atoms with van der Waals surface area (Å²) in [5, 5.41) is 7.97. The van der Waals surface area contributed by atoms with Gasteiger partial charge in [-0.2, -0.15) is 5.10 Å². The molecule has 1 aliphatic rings. The summed E-state index contributed by atoms with van der Waals surface area (Å²) >= 11 is 5.91. The van der Waals surface area contributed by atoms with E-state index in [1.165, 1.54) is 12.1 Å². The minimum Gasteiger partial charge on any atom is -0.334 e. The molecule has 0 unspecified atom stereocenters. The van der Waals surface area contributed by atoms with Gasteiger partial charge >= 0.3 is 6.03 Å². The lowest BCUT2D eigenvalue weighted by Crippen LogP contribution is -2.40. The van der Waals surface area contributed by atoms with Crippen LogP contribution in [0.3, 0.4) is 0 Å². The molecule has 2 aromatic carbocycles. The predicted molar refractivity (Wildman–Crippen MR) is 106 cm³/mol. The molecule has 7 heteroatoms. The van der Waals surface area contributed by atoms with Crippen LogP contribution in [0.5, 0.6) is 0 Å². The molecule has 28 heavy (non-hydrogen) atoms. The standard InChI is InChI=1S/C21H20ClFN4O/c22-17-3-7-20(8-4-17)27-14-16(12-25-27)11-24-21(28)26(19-9-10-19)13-15-1-5-18(23)6-2-15/h1-8,12,14,19H,9-11,13H2,(H,24,28). The van der Waals surface area contributed by atoms with Crippen LogP contribution >= 0.6 is 11.6 Å². The zero-order valence-corrected chi connectivity index (χ0v) is 15.9. The molecule has 5 nitrogen and oxygen atoms in total. The molecule has 144 valence electrons. The number of rotatable bonds is 6. The molecule has 0 atom stereocenters. The van der Waals surface area contributed by atoms with E-state index >= 15 is 0 Å². The largest absolute Gasteiger partial charge is 0.334 e. The van der Waals surface area contributed by atoms with E-state index in [2.05, 4.69) is 10.4 Å². The van der Waals surface area contributed by atoms with Crippen molar-refractivity contribution in [3.63, 3.8) is 0 Å². The summed E-state index contributed by atoms with van der Waals surface area (Å²) in [4.78, 5) is 14.5. The van der Waals surface area contributed by atoms with Crippen molar-refractivity contribution in [3.05, 3.63) is 82.9 Å². The summed E-state index contributed by atoms with van der Waals surface area (Å²) in [6.45, 7) is 0.861. The third kappa shape index (κ3) is 4.51. The van der Waals surface area contributed by atoms with E-state index in [0.29, 0.717) is 18.1 Å². The molecule has 1 saturated carbocycles. The topological polar surface area (TPSA) is 50.2 Å². The van der Waals surface area contributed by atoms with E-state index in [9.17, 15) is 9.18 Å². The summed E-state index contributed by atoms with van der Waals surface area (Å²) in [7, 11) is 0. The van der Waals surface area contributed by atoms with Crippen molar-refractivity contribution < 1.29 is 9.18 Å². The third-order valence-electron chi connectivity index (χ3n) is 4.69. The molecule has 1 fully saturated rings. The second-order valence-electron chi connectivity index (χ2n) is 6.91. The Kier molecular flexibility index (Phi) is 5.30. The van der Waals surface area contributed by atoms with E-state index in [0.717, 1.165) is 29.7 Å². The van der Waals surface area contributed by atoms with Gasteiger partial charge in [-0.25, -0.2) is 13.9 Å². The number of carbonyl (C=O) groups excluding carboxylic acids is 1. The fourth-order valence-electron chi connectivity index (χ4n) is 3.01. The second-order valence-corrected chi connectivity index (χ2v) is 7.35. The summed E-state index contributed by atoms with van der Waals surface area (Å²) < 4.78 is 14.8. The first-order valence-electron chi connectivity index (χ1n) is 9.17. The molecule has 0 aliphatic heterocycles. The second kappa shape index (κ2) is 8.02. The van der Waals surface area contributed by atoms with E-state index in [4.69, 9.17) is 11.6 Å². The summed E-state index contributed by atoms with van der Waals surface area (Å²) in [5.41, 5.74) is 2.72. The molecular formula is C21H20ClFN4O. The Balaban J connectivity index is 1.37. The first-order chi connectivity index (χ1) is 13.6. The summed E-state index contributed by atoms with van der Waals surface area (Å²) in [6.07, 6.45) is 5.62. The number of urea groups is 1. The first kappa shape index (κ1) is 18.5. The van der Waals surface area contributed by atoms with Crippen LogP contribution in [0, 0.1) is 5.82 Å². The fraction of sp³-hybridized carbons (Fsp3) is 0.238. The van der Waals surface area contributed by atoms with E-state index in [-0.39, 0.29) is 17.9 Å². The van der Waals surface area contributed by atoms with Gasteiger partial charge in [-0.1, -0.05) is 23.7 Å². The number of amides is 2. The maximum Gasteiger partial charge on any atom is 0.318 e. The first-order valence-corrected chi connectivity index (χ1v) is 9.55. The van der Waals surface area contributed by atoms with E-state index in [1.54, 1.807) is 23.0 Å². The average molecular weight is 399 g/mol. The number of carbonyl (C=O) groups is 1. The maximum absolute atomic E-state index is 13.1. The Labute approximate surface area is 167 Å². The number of hydrogen-bond acceptors (Lipinski definition) is 2. The van der Waals surface area contributed by atoms with Gasteiger partial charge < -0.3 is 10.2 Å². The zero-order chi connectivity index (χ0) is 19.5. The van der Waals surface area contributed by atoms with Gasteiger partial charge in [0.25, 0.3) is 0 Å². The molecule has 2 amide bonds.